The summed E-state index contributed by atoms with van der Waals surface area (Å²) in [6.45, 7) is 2.63. The second-order valence-corrected chi connectivity index (χ2v) is 2.98. The highest BCUT2D eigenvalue weighted by molar-refractivity contribution is 5.18. The summed E-state index contributed by atoms with van der Waals surface area (Å²) in [4.78, 5) is 0. The molecule has 1 aliphatic rings. The Morgan fingerprint density at radius 2 is 1.36 bits per heavy atom. The Bertz CT molecular complexity index is 257. The largest absolute Gasteiger partial charge is 0.375 e. The fourth-order valence-electron chi connectivity index (χ4n) is 1.28. The van der Waals surface area contributed by atoms with Crippen molar-refractivity contribution in [3.63, 3.8) is 0 Å². The molecule has 1 aliphatic carbocycles. The van der Waals surface area contributed by atoms with Crippen molar-refractivity contribution in [2.75, 3.05) is 0 Å². The monoisotopic (exact) mass is 222 g/mol. The van der Waals surface area contributed by atoms with Crippen molar-refractivity contribution in [1.82, 2.24) is 0 Å². The van der Waals surface area contributed by atoms with E-state index in [0.717, 1.165) is 0 Å². The molecule has 0 amide bonds. The predicted octanol–water partition coefficient (Wildman–Crippen LogP) is 3.05. The van der Waals surface area contributed by atoms with E-state index in [0.29, 0.717) is 0 Å². The van der Waals surface area contributed by atoms with Gasteiger partial charge in [-0.15, -0.1) is 6.58 Å². The quantitative estimate of drug-likeness (QED) is 0.472. The number of hydrogen-bond donors (Lipinski definition) is 0. The second-order valence-electron chi connectivity index (χ2n) is 2.98. The summed E-state index contributed by atoms with van der Waals surface area (Å²) in [5.41, 5.74) is 0. The lowest BCUT2D eigenvalue weighted by Gasteiger charge is -2.23. The molecule has 0 bridgehead atoms. The van der Waals surface area contributed by atoms with Crippen LogP contribution in [0.2, 0.25) is 0 Å². The Balaban J connectivity index is 3.29. The van der Waals surface area contributed by atoms with Gasteiger partial charge >= 0.3 is 17.8 Å². The Morgan fingerprint density at radius 1 is 0.929 bits per heavy atom. The van der Waals surface area contributed by atoms with Gasteiger partial charge < -0.3 is 0 Å². The summed E-state index contributed by atoms with van der Waals surface area (Å²) < 4.78 is 87.4. The minimum atomic E-state index is -5.68. The highest BCUT2D eigenvalue weighted by atomic mass is 19.3. The third-order valence-corrected chi connectivity index (χ3v) is 2.17. The van der Waals surface area contributed by atoms with Crippen LogP contribution in [0.4, 0.5) is 30.7 Å². The molecule has 1 fully saturated rings. The smallest absolute Gasteiger partial charge is 0.240 e. The molecule has 7 heteroatoms. The maximum atomic E-state index is 12.6. The molecule has 0 aromatic rings. The lowest BCUT2D eigenvalue weighted by Crippen LogP contribution is -2.48. The summed E-state index contributed by atoms with van der Waals surface area (Å²) >= 11 is 0. The topological polar surface area (TPSA) is 0 Å². The zero-order valence-electron chi connectivity index (χ0n) is 6.58. The Kier molecular flexibility index (Phi) is 2.13. The van der Waals surface area contributed by atoms with Crippen molar-refractivity contribution in [2.45, 2.75) is 23.9 Å². The number of halogens is 7. The van der Waals surface area contributed by atoms with E-state index < -0.39 is 29.9 Å². The fourth-order valence-corrected chi connectivity index (χ4v) is 1.28. The van der Waals surface area contributed by atoms with Gasteiger partial charge in [0, 0.05) is 0 Å². The SMILES string of the molecule is C=CC1C(F)C(F)(F)C(F)(F)C1(F)F. The molecule has 0 aliphatic heterocycles. The first-order valence-corrected chi connectivity index (χ1v) is 3.50. The van der Waals surface area contributed by atoms with Crippen LogP contribution in [0.3, 0.4) is 0 Å². The van der Waals surface area contributed by atoms with Gasteiger partial charge in [-0.25, -0.2) is 4.39 Å². The van der Waals surface area contributed by atoms with E-state index in [1.54, 1.807) is 0 Å². The minimum Gasteiger partial charge on any atom is -0.240 e. The standard InChI is InChI=1S/C7H5F7/c1-2-3-4(8)6(11,12)7(13,14)5(3,9)10/h2-4H,1H2. The van der Waals surface area contributed by atoms with E-state index in [1.807, 2.05) is 0 Å². The summed E-state index contributed by atoms with van der Waals surface area (Å²) in [5.74, 6) is -19.0. The van der Waals surface area contributed by atoms with E-state index in [-0.39, 0.29) is 6.08 Å². The summed E-state index contributed by atoms with van der Waals surface area (Å²) in [6, 6.07) is 0. The summed E-state index contributed by atoms with van der Waals surface area (Å²) in [6.07, 6.45) is -3.54. The molecule has 0 saturated heterocycles. The van der Waals surface area contributed by atoms with Crippen molar-refractivity contribution < 1.29 is 30.7 Å². The molecule has 14 heavy (non-hydrogen) atoms. The number of allylic oxidation sites excluding steroid dienone is 1. The van der Waals surface area contributed by atoms with E-state index in [9.17, 15) is 30.7 Å². The van der Waals surface area contributed by atoms with Gasteiger partial charge in [-0.05, 0) is 0 Å². The lowest BCUT2D eigenvalue weighted by molar-refractivity contribution is -0.279. The van der Waals surface area contributed by atoms with Crippen LogP contribution in [-0.2, 0) is 0 Å². The second kappa shape index (κ2) is 2.64. The molecule has 0 radical (unpaired) electrons. The van der Waals surface area contributed by atoms with Gasteiger partial charge in [-0.1, -0.05) is 6.08 Å². The summed E-state index contributed by atoms with van der Waals surface area (Å²) in [5, 5.41) is 0. The number of hydrogen-bond acceptors (Lipinski definition) is 0. The highest BCUT2D eigenvalue weighted by Gasteiger charge is 2.85. The molecule has 0 aromatic carbocycles. The average molecular weight is 222 g/mol. The molecule has 2 unspecified atom stereocenters. The highest BCUT2D eigenvalue weighted by Crippen LogP contribution is 2.60. The van der Waals surface area contributed by atoms with Gasteiger partial charge in [0.15, 0.2) is 6.17 Å². The minimum absolute atomic E-state index is 0.0828. The molecule has 0 nitrogen and oxygen atoms in total. The van der Waals surface area contributed by atoms with E-state index in [1.165, 1.54) is 0 Å². The lowest BCUT2D eigenvalue weighted by atomic mass is 10.0. The van der Waals surface area contributed by atoms with Crippen LogP contribution >= 0.6 is 0 Å². The molecule has 0 heterocycles. The van der Waals surface area contributed by atoms with E-state index >= 15 is 0 Å². The zero-order valence-corrected chi connectivity index (χ0v) is 6.58. The van der Waals surface area contributed by atoms with Crippen molar-refractivity contribution in [3.05, 3.63) is 12.7 Å². The van der Waals surface area contributed by atoms with Gasteiger partial charge in [0.25, 0.3) is 0 Å². The molecule has 82 valence electrons. The van der Waals surface area contributed by atoms with Gasteiger partial charge in [0.1, 0.15) is 0 Å². The van der Waals surface area contributed by atoms with Crippen LogP contribution in [0.5, 0.6) is 0 Å². The average Bonchev–Trinajstić information content (AvgIpc) is 2.10. The van der Waals surface area contributed by atoms with Crippen LogP contribution in [0, 0.1) is 5.92 Å². The van der Waals surface area contributed by atoms with Crippen molar-refractivity contribution in [1.29, 1.82) is 0 Å². The van der Waals surface area contributed by atoms with Gasteiger partial charge in [-0.3, -0.25) is 0 Å². The van der Waals surface area contributed by atoms with Crippen LogP contribution in [0.25, 0.3) is 0 Å². The summed E-state index contributed by atoms with van der Waals surface area (Å²) in [7, 11) is 0. The van der Waals surface area contributed by atoms with E-state index in [2.05, 4.69) is 6.58 Å². The molecule has 1 saturated carbocycles. The van der Waals surface area contributed by atoms with Gasteiger partial charge in [0.05, 0.1) is 5.92 Å². The van der Waals surface area contributed by atoms with E-state index in [4.69, 9.17) is 0 Å². The number of rotatable bonds is 1. The predicted molar refractivity (Wildman–Crippen MR) is 33.4 cm³/mol. The molecule has 0 aromatic heterocycles. The zero-order chi connectivity index (χ0) is 11.4. The Morgan fingerprint density at radius 3 is 1.50 bits per heavy atom. The molecule has 2 atom stereocenters. The first-order chi connectivity index (χ1) is 6.10. The molecular formula is C7H5F7. The Hall–Kier alpha value is -0.750. The molecule has 1 rings (SSSR count). The van der Waals surface area contributed by atoms with Gasteiger partial charge in [-0.2, -0.15) is 26.3 Å². The molecule has 0 N–H and O–H groups in total. The maximum Gasteiger partial charge on any atom is 0.375 e. The van der Waals surface area contributed by atoms with Crippen molar-refractivity contribution in [3.8, 4) is 0 Å². The number of alkyl halides is 7. The van der Waals surface area contributed by atoms with Crippen molar-refractivity contribution >= 4 is 0 Å². The Labute approximate surface area is 74.4 Å². The van der Waals surface area contributed by atoms with Crippen LogP contribution < -0.4 is 0 Å². The van der Waals surface area contributed by atoms with Crippen LogP contribution in [-0.4, -0.2) is 23.9 Å². The van der Waals surface area contributed by atoms with Crippen LogP contribution in [0.15, 0.2) is 12.7 Å². The van der Waals surface area contributed by atoms with Crippen LogP contribution in [0.1, 0.15) is 0 Å². The van der Waals surface area contributed by atoms with Gasteiger partial charge in [0.2, 0.25) is 0 Å². The third kappa shape index (κ3) is 0.951. The maximum absolute atomic E-state index is 12.6. The molecular weight excluding hydrogens is 217 g/mol. The first-order valence-electron chi connectivity index (χ1n) is 3.50. The fraction of sp³-hybridized carbons (Fsp3) is 0.714. The van der Waals surface area contributed by atoms with Crippen molar-refractivity contribution in [2.24, 2.45) is 5.92 Å². The first kappa shape index (κ1) is 11.3. The molecule has 0 spiro atoms. The normalized spacial score (nSPS) is 38.2. The third-order valence-electron chi connectivity index (χ3n) is 2.17.